The number of nitrogens with zero attached hydrogens (tertiary/aromatic N) is 1. The van der Waals surface area contributed by atoms with Crippen molar-refractivity contribution in [3.05, 3.63) is 11.8 Å². The molecule has 104 valence electrons. The van der Waals surface area contributed by atoms with E-state index in [1.807, 2.05) is 0 Å². The smallest absolute Gasteiger partial charge is 0.290 e. The highest BCUT2D eigenvalue weighted by atomic mass is 19.3. The van der Waals surface area contributed by atoms with Crippen molar-refractivity contribution in [2.45, 2.75) is 44.3 Å². The quantitative estimate of drug-likeness (QED) is 0.917. The maximum Gasteiger partial charge on any atom is 0.290 e. The Balaban J connectivity index is 1.65. The van der Waals surface area contributed by atoms with Gasteiger partial charge in [-0.1, -0.05) is 5.16 Å². The molecule has 3 rings (SSSR count). The number of anilines is 1. The molecule has 0 saturated carbocycles. The zero-order valence-corrected chi connectivity index (χ0v) is 10.4. The lowest BCUT2D eigenvalue weighted by molar-refractivity contribution is -0.121. The molecule has 0 spiro atoms. The lowest BCUT2D eigenvalue weighted by Crippen LogP contribution is -2.30. The molecule has 2 aliphatic heterocycles. The molecule has 0 unspecified atom stereocenters. The van der Waals surface area contributed by atoms with E-state index in [1.54, 1.807) is 0 Å². The molecule has 0 aliphatic carbocycles. The zero-order chi connectivity index (χ0) is 13.6. The van der Waals surface area contributed by atoms with Gasteiger partial charge in [-0.2, -0.15) is 8.78 Å². The molecule has 2 bridgehead atoms. The summed E-state index contributed by atoms with van der Waals surface area (Å²) in [4.78, 5) is 12.0. The molecule has 3 atom stereocenters. The molecular formula is C12H14F2N2O3. The first kappa shape index (κ1) is 12.5. The standard InChI is InChI=1S/C12H14F2N2O3/c1-12(13,14)9-5-10(19-16-9)15-11(17)7-4-6-2-3-8(7)18-6/h5-8H,2-4H2,1H3,(H,15,17)/t6-,7+,8+/m0/s1. The highest BCUT2D eigenvalue weighted by Gasteiger charge is 2.44. The zero-order valence-electron chi connectivity index (χ0n) is 10.4. The minimum atomic E-state index is -3.08. The highest BCUT2D eigenvalue weighted by molar-refractivity contribution is 5.92. The van der Waals surface area contributed by atoms with Gasteiger partial charge in [-0.3, -0.25) is 10.1 Å². The Morgan fingerprint density at radius 1 is 1.53 bits per heavy atom. The number of hydrogen-bond acceptors (Lipinski definition) is 4. The average molecular weight is 272 g/mol. The second-order valence-electron chi connectivity index (χ2n) is 5.17. The Morgan fingerprint density at radius 3 is 2.84 bits per heavy atom. The lowest BCUT2D eigenvalue weighted by Gasteiger charge is -2.16. The number of ether oxygens (including phenoxy) is 1. The third kappa shape index (κ3) is 2.34. The maximum atomic E-state index is 13.0. The van der Waals surface area contributed by atoms with Crippen LogP contribution in [-0.2, 0) is 15.5 Å². The van der Waals surface area contributed by atoms with E-state index in [9.17, 15) is 13.6 Å². The molecule has 0 aromatic carbocycles. The SMILES string of the molecule is CC(F)(F)c1cc(NC(=O)[C@@H]2C[C@@H]3CC[C@H]2O3)on1. The topological polar surface area (TPSA) is 64.4 Å². The number of fused-ring (bicyclic) bond motifs is 2. The molecule has 0 radical (unpaired) electrons. The predicted octanol–water partition coefficient (Wildman–Crippen LogP) is 2.29. The van der Waals surface area contributed by atoms with Crippen molar-refractivity contribution in [1.82, 2.24) is 5.16 Å². The Hall–Kier alpha value is -1.50. The molecule has 3 heterocycles. The van der Waals surface area contributed by atoms with Crippen LogP contribution in [0.1, 0.15) is 31.9 Å². The van der Waals surface area contributed by atoms with Gasteiger partial charge in [-0.15, -0.1) is 0 Å². The van der Waals surface area contributed by atoms with E-state index < -0.39 is 11.6 Å². The Morgan fingerprint density at radius 2 is 2.32 bits per heavy atom. The molecule has 2 fully saturated rings. The molecule has 19 heavy (non-hydrogen) atoms. The van der Waals surface area contributed by atoms with Crippen LogP contribution in [0.4, 0.5) is 14.7 Å². The summed E-state index contributed by atoms with van der Waals surface area (Å²) in [5.41, 5.74) is -0.494. The monoisotopic (exact) mass is 272 g/mol. The van der Waals surface area contributed by atoms with Crippen molar-refractivity contribution >= 4 is 11.8 Å². The first-order valence-corrected chi connectivity index (χ1v) is 6.25. The van der Waals surface area contributed by atoms with Crippen LogP contribution in [0.15, 0.2) is 10.6 Å². The van der Waals surface area contributed by atoms with E-state index in [0.29, 0.717) is 6.42 Å². The second kappa shape index (κ2) is 4.26. The number of carbonyl (C=O) groups is 1. The van der Waals surface area contributed by atoms with Crippen LogP contribution in [0.25, 0.3) is 0 Å². The first-order valence-electron chi connectivity index (χ1n) is 6.25. The highest BCUT2D eigenvalue weighted by Crippen LogP contribution is 2.39. The normalized spacial score (nSPS) is 29.7. The molecule has 1 amide bonds. The van der Waals surface area contributed by atoms with E-state index in [0.717, 1.165) is 25.8 Å². The van der Waals surface area contributed by atoms with Gasteiger partial charge in [0.25, 0.3) is 5.92 Å². The third-order valence-electron chi connectivity index (χ3n) is 3.65. The largest absolute Gasteiger partial charge is 0.374 e. The minimum Gasteiger partial charge on any atom is -0.374 e. The number of alkyl halides is 2. The van der Waals surface area contributed by atoms with Crippen LogP contribution < -0.4 is 5.32 Å². The molecule has 5 nitrogen and oxygen atoms in total. The Kier molecular flexibility index (Phi) is 2.81. The maximum absolute atomic E-state index is 13.0. The molecule has 1 N–H and O–H groups in total. The van der Waals surface area contributed by atoms with Crippen LogP contribution in [0.5, 0.6) is 0 Å². The number of hydrogen-bond donors (Lipinski definition) is 1. The fraction of sp³-hybridized carbons (Fsp3) is 0.667. The van der Waals surface area contributed by atoms with Gasteiger partial charge in [0.1, 0.15) is 0 Å². The Labute approximate surface area is 108 Å². The number of nitrogens with one attached hydrogen (secondary N) is 1. The van der Waals surface area contributed by atoms with Crippen molar-refractivity contribution < 1.29 is 22.8 Å². The minimum absolute atomic E-state index is 0.0516. The van der Waals surface area contributed by atoms with Crippen molar-refractivity contribution in [3.8, 4) is 0 Å². The lowest BCUT2D eigenvalue weighted by atomic mass is 9.88. The molecule has 1 aromatic heterocycles. The van der Waals surface area contributed by atoms with Gasteiger partial charge in [-0.25, -0.2) is 0 Å². The van der Waals surface area contributed by atoms with Crippen molar-refractivity contribution in [1.29, 1.82) is 0 Å². The van der Waals surface area contributed by atoms with Crippen molar-refractivity contribution in [3.63, 3.8) is 0 Å². The third-order valence-corrected chi connectivity index (χ3v) is 3.65. The molecule has 2 aliphatic rings. The van der Waals surface area contributed by atoms with Gasteiger partial charge >= 0.3 is 0 Å². The molecule has 7 heteroatoms. The Bertz CT molecular complexity index is 497. The van der Waals surface area contributed by atoms with Crippen LogP contribution in [0.3, 0.4) is 0 Å². The molecular weight excluding hydrogens is 258 g/mol. The van der Waals surface area contributed by atoms with Crippen LogP contribution in [0, 0.1) is 5.92 Å². The predicted molar refractivity (Wildman–Crippen MR) is 60.7 cm³/mol. The summed E-state index contributed by atoms with van der Waals surface area (Å²) >= 11 is 0. The van der Waals surface area contributed by atoms with Crippen LogP contribution >= 0.6 is 0 Å². The van der Waals surface area contributed by atoms with E-state index in [4.69, 9.17) is 9.26 Å². The summed E-state index contributed by atoms with van der Waals surface area (Å²) < 4.78 is 36.2. The van der Waals surface area contributed by atoms with Gasteiger partial charge in [-0.05, 0) is 19.3 Å². The van der Waals surface area contributed by atoms with Gasteiger partial charge in [0.2, 0.25) is 11.8 Å². The van der Waals surface area contributed by atoms with E-state index in [-0.39, 0.29) is 29.9 Å². The number of carbonyl (C=O) groups excluding carboxylic acids is 1. The summed E-state index contributed by atoms with van der Waals surface area (Å²) in [6.45, 7) is 0.722. The van der Waals surface area contributed by atoms with Gasteiger partial charge < -0.3 is 9.26 Å². The first-order chi connectivity index (χ1) is 8.93. The summed E-state index contributed by atoms with van der Waals surface area (Å²) in [5, 5.41) is 5.72. The van der Waals surface area contributed by atoms with Gasteiger partial charge in [0, 0.05) is 13.0 Å². The fourth-order valence-corrected chi connectivity index (χ4v) is 2.67. The summed E-state index contributed by atoms with van der Waals surface area (Å²) in [6.07, 6.45) is 2.65. The van der Waals surface area contributed by atoms with Gasteiger partial charge in [0.15, 0.2) is 5.69 Å². The van der Waals surface area contributed by atoms with E-state index in [2.05, 4.69) is 10.5 Å². The van der Waals surface area contributed by atoms with Gasteiger partial charge in [0.05, 0.1) is 18.1 Å². The van der Waals surface area contributed by atoms with E-state index >= 15 is 0 Å². The number of aromatic nitrogens is 1. The molecule has 1 aromatic rings. The fourth-order valence-electron chi connectivity index (χ4n) is 2.67. The number of amides is 1. The van der Waals surface area contributed by atoms with E-state index in [1.165, 1.54) is 0 Å². The summed E-state index contributed by atoms with van der Waals surface area (Å²) in [6, 6.07) is 1.05. The summed E-state index contributed by atoms with van der Waals surface area (Å²) in [7, 11) is 0. The number of rotatable bonds is 3. The molecule has 2 saturated heterocycles. The number of halogens is 2. The second-order valence-corrected chi connectivity index (χ2v) is 5.17. The van der Waals surface area contributed by atoms with Crippen LogP contribution in [0.2, 0.25) is 0 Å². The van der Waals surface area contributed by atoms with Crippen molar-refractivity contribution in [2.75, 3.05) is 5.32 Å². The van der Waals surface area contributed by atoms with Crippen molar-refractivity contribution in [2.24, 2.45) is 5.92 Å². The average Bonchev–Trinajstić information content (AvgIpc) is 3.02. The summed E-state index contributed by atoms with van der Waals surface area (Å²) in [5.74, 6) is -3.62. The van der Waals surface area contributed by atoms with Crippen LogP contribution in [-0.4, -0.2) is 23.3 Å².